The number of methoxy groups -OCH3 is 1. The Morgan fingerprint density at radius 3 is 2.58 bits per heavy atom. The summed E-state index contributed by atoms with van der Waals surface area (Å²) in [5, 5.41) is 3.30. The third-order valence-corrected chi connectivity index (χ3v) is 1.66. The molecule has 0 radical (unpaired) electrons. The van der Waals surface area contributed by atoms with Gasteiger partial charge in [-0.3, -0.25) is 0 Å². The number of ether oxygens (including phenoxy) is 1. The lowest BCUT2D eigenvalue weighted by molar-refractivity contribution is 0.274. The molecular weight excluding hydrogens is 150 g/mol. The van der Waals surface area contributed by atoms with Gasteiger partial charge in [0.1, 0.15) is 0 Å². The van der Waals surface area contributed by atoms with E-state index in [9.17, 15) is 0 Å². The standard InChI is InChI=1S/C10H21NO/c1-4-6-10(12-3)7-9-11-8-5-2/h7,11H,4-6,8-9H2,1-3H3. The molecule has 0 aliphatic carbocycles. The van der Waals surface area contributed by atoms with E-state index in [-0.39, 0.29) is 0 Å². The van der Waals surface area contributed by atoms with Gasteiger partial charge in [-0.1, -0.05) is 13.8 Å². The summed E-state index contributed by atoms with van der Waals surface area (Å²) >= 11 is 0. The predicted octanol–water partition coefficient (Wildman–Crippen LogP) is 2.32. The number of rotatable bonds is 7. The molecule has 0 aromatic rings. The van der Waals surface area contributed by atoms with Gasteiger partial charge in [0, 0.05) is 13.0 Å². The fourth-order valence-corrected chi connectivity index (χ4v) is 0.999. The van der Waals surface area contributed by atoms with Crippen LogP contribution in [0.5, 0.6) is 0 Å². The average Bonchev–Trinajstić information content (AvgIpc) is 2.10. The van der Waals surface area contributed by atoms with Gasteiger partial charge in [0.05, 0.1) is 12.9 Å². The van der Waals surface area contributed by atoms with E-state index in [2.05, 4.69) is 25.2 Å². The Hall–Kier alpha value is -0.500. The van der Waals surface area contributed by atoms with Crippen molar-refractivity contribution in [2.45, 2.75) is 33.1 Å². The summed E-state index contributed by atoms with van der Waals surface area (Å²) < 4.78 is 5.19. The Balaban J connectivity index is 3.48. The topological polar surface area (TPSA) is 21.3 Å². The van der Waals surface area contributed by atoms with Crippen molar-refractivity contribution < 1.29 is 4.74 Å². The van der Waals surface area contributed by atoms with Gasteiger partial charge in [-0.15, -0.1) is 0 Å². The van der Waals surface area contributed by atoms with Gasteiger partial charge >= 0.3 is 0 Å². The highest BCUT2D eigenvalue weighted by Gasteiger charge is 1.92. The molecule has 0 aromatic carbocycles. The van der Waals surface area contributed by atoms with Crippen LogP contribution >= 0.6 is 0 Å². The Bertz CT molecular complexity index is 121. The van der Waals surface area contributed by atoms with E-state index < -0.39 is 0 Å². The zero-order chi connectivity index (χ0) is 9.23. The molecule has 1 N–H and O–H groups in total. The van der Waals surface area contributed by atoms with Gasteiger partial charge in [-0.05, 0) is 25.5 Å². The zero-order valence-corrected chi connectivity index (χ0v) is 8.52. The maximum Gasteiger partial charge on any atom is 0.0928 e. The highest BCUT2D eigenvalue weighted by Crippen LogP contribution is 2.03. The van der Waals surface area contributed by atoms with E-state index in [0.717, 1.165) is 31.7 Å². The maximum atomic E-state index is 5.19. The first kappa shape index (κ1) is 11.5. The number of hydrogen-bond acceptors (Lipinski definition) is 2. The number of nitrogens with one attached hydrogen (secondary N) is 1. The highest BCUT2D eigenvalue weighted by molar-refractivity contribution is 4.93. The monoisotopic (exact) mass is 171 g/mol. The smallest absolute Gasteiger partial charge is 0.0928 e. The number of hydrogen-bond donors (Lipinski definition) is 1. The summed E-state index contributed by atoms with van der Waals surface area (Å²) in [6, 6.07) is 0. The molecule has 0 spiro atoms. The van der Waals surface area contributed by atoms with Crippen molar-refractivity contribution in [2.24, 2.45) is 0 Å². The lowest BCUT2D eigenvalue weighted by Crippen LogP contribution is -2.14. The van der Waals surface area contributed by atoms with E-state index in [0.29, 0.717) is 0 Å². The van der Waals surface area contributed by atoms with E-state index in [4.69, 9.17) is 4.74 Å². The van der Waals surface area contributed by atoms with Crippen LogP contribution in [0.3, 0.4) is 0 Å². The molecule has 0 atom stereocenters. The molecule has 12 heavy (non-hydrogen) atoms. The van der Waals surface area contributed by atoms with Crippen molar-refractivity contribution in [2.75, 3.05) is 20.2 Å². The van der Waals surface area contributed by atoms with Crippen LogP contribution in [0.2, 0.25) is 0 Å². The Kier molecular flexibility index (Phi) is 8.24. The molecule has 0 bridgehead atoms. The van der Waals surface area contributed by atoms with Crippen molar-refractivity contribution in [3.63, 3.8) is 0 Å². The molecule has 0 saturated heterocycles. The molecule has 0 aromatic heterocycles. The molecular formula is C10H21NO. The van der Waals surface area contributed by atoms with Crippen LogP contribution < -0.4 is 5.32 Å². The second-order valence-electron chi connectivity index (χ2n) is 2.83. The Labute approximate surface area is 76.0 Å². The first-order valence-electron chi connectivity index (χ1n) is 4.78. The Morgan fingerprint density at radius 2 is 2.08 bits per heavy atom. The molecule has 72 valence electrons. The minimum Gasteiger partial charge on any atom is -0.501 e. The second kappa shape index (κ2) is 8.60. The van der Waals surface area contributed by atoms with Crippen molar-refractivity contribution in [3.8, 4) is 0 Å². The molecule has 0 aliphatic rings. The van der Waals surface area contributed by atoms with Gasteiger partial charge in [0.15, 0.2) is 0 Å². The van der Waals surface area contributed by atoms with E-state index in [1.54, 1.807) is 7.11 Å². The molecule has 0 heterocycles. The van der Waals surface area contributed by atoms with E-state index in [1.165, 1.54) is 6.42 Å². The largest absolute Gasteiger partial charge is 0.501 e. The fourth-order valence-electron chi connectivity index (χ4n) is 0.999. The van der Waals surface area contributed by atoms with Gasteiger partial charge in [0.2, 0.25) is 0 Å². The lowest BCUT2D eigenvalue weighted by atomic mass is 10.3. The maximum absolute atomic E-state index is 5.19. The van der Waals surface area contributed by atoms with E-state index >= 15 is 0 Å². The summed E-state index contributed by atoms with van der Waals surface area (Å²) in [4.78, 5) is 0. The fraction of sp³-hybridized carbons (Fsp3) is 0.800. The number of allylic oxidation sites excluding steroid dienone is 1. The molecule has 0 saturated carbocycles. The molecule has 0 fully saturated rings. The van der Waals surface area contributed by atoms with Crippen molar-refractivity contribution in [3.05, 3.63) is 11.8 Å². The van der Waals surface area contributed by atoms with Crippen LogP contribution in [0, 0.1) is 0 Å². The average molecular weight is 171 g/mol. The summed E-state index contributed by atoms with van der Waals surface area (Å²) in [6.45, 7) is 6.34. The van der Waals surface area contributed by atoms with Crippen LogP contribution in [0.1, 0.15) is 33.1 Å². The summed E-state index contributed by atoms with van der Waals surface area (Å²) in [5.41, 5.74) is 0. The lowest BCUT2D eigenvalue weighted by Gasteiger charge is -2.04. The third kappa shape index (κ3) is 6.23. The van der Waals surface area contributed by atoms with Gasteiger partial charge < -0.3 is 10.1 Å². The molecule has 0 unspecified atom stereocenters. The first-order chi connectivity index (χ1) is 5.85. The van der Waals surface area contributed by atoms with Gasteiger partial charge in [-0.2, -0.15) is 0 Å². The first-order valence-corrected chi connectivity index (χ1v) is 4.78. The summed E-state index contributed by atoms with van der Waals surface area (Å²) in [7, 11) is 1.74. The van der Waals surface area contributed by atoms with Crippen molar-refractivity contribution >= 4 is 0 Å². The zero-order valence-electron chi connectivity index (χ0n) is 8.52. The van der Waals surface area contributed by atoms with E-state index in [1.807, 2.05) is 0 Å². The molecule has 0 rings (SSSR count). The highest BCUT2D eigenvalue weighted by atomic mass is 16.5. The molecule has 2 heteroatoms. The molecule has 0 amide bonds. The van der Waals surface area contributed by atoms with Crippen molar-refractivity contribution in [1.29, 1.82) is 0 Å². The van der Waals surface area contributed by atoms with Crippen LogP contribution in [0.4, 0.5) is 0 Å². The summed E-state index contributed by atoms with van der Waals surface area (Å²) in [5.74, 6) is 1.10. The van der Waals surface area contributed by atoms with Crippen LogP contribution in [0.15, 0.2) is 11.8 Å². The summed E-state index contributed by atoms with van der Waals surface area (Å²) in [6.07, 6.45) is 5.50. The quantitative estimate of drug-likeness (QED) is 0.469. The normalized spacial score (nSPS) is 11.8. The minimum atomic E-state index is 0.928. The van der Waals surface area contributed by atoms with Gasteiger partial charge in [0.25, 0.3) is 0 Å². The van der Waals surface area contributed by atoms with Crippen LogP contribution in [0.25, 0.3) is 0 Å². The predicted molar refractivity (Wildman–Crippen MR) is 53.2 cm³/mol. The third-order valence-electron chi connectivity index (χ3n) is 1.66. The van der Waals surface area contributed by atoms with Gasteiger partial charge in [-0.25, -0.2) is 0 Å². The second-order valence-corrected chi connectivity index (χ2v) is 2.83. The van der Waals surface area contributed by atoms with Crippen molar-refractivity contribution in [1.82, 2.24) is 5.32 Å². The molecule has 2 nitrogen and oxygen atoms in total. The van der Waals surface area contributed by atoms with Crippen LogP contribution in [-0.2, 0) is 4.74 Å². The molecule has 0 aliphatic heterocycles. The SMILES string of the molecule is CCCNCC=C(CCC)OC. The van der Waals surface area contributed by atoms with Crippen LogP contribution in [-0.4, -0.2) is 20.2 Å². The Morgan fingerprint density at radius 1 is 1.33 bits per heavy atom. The minimum absolute atomic E-state index is 0.928.